The zero-order valence-electron chi connectivity index (χ0n) is 9.64. The van der Waals surface area contributed by atoms with E-state index in [0.717, 1.165) is 0 Å². The predicted molar refractivity (Wildman–Crippen MR) is 67.3 cm³/mol. The minimum Gasteiger partial charge on any atom is -0.493 e. The summed E-state index contributed by atoms with van der Waals surface area (Å²) in [5.74, 6) is 0.534. The Kier molecular flexibility index (Phi) is 4.51. The quantitative estimate of drug-likeness (QED) is 0.447. The zero-order valence-corrected chi connectivity index (χ0v) is 10.5. The van der Waals surface area contributed by atoms with Gasteiger partial charge in [0.05, 0.1) is 17.9 Å². The maximum Gasteiger partial charge on any atom is 0.147 e. The van der Waals surface area contributed by atoms with E-state index in [1.54, 1.807) is 24.3 Å². The van der Waals surface area contributed by atoms with Crippen molar-refractivity contribution in [3.05, 3.63) is 29.8 Å². The molecule has 0 saturated heterocycles. The van der Waals surface area contributed by atoms with Gasteiger partial charge in [0.1, 0.15) is 21.4 Å². The van der Waals surface area contributed by atoms with Crippen LogP contribution in [0.4, 0.5) is 0 Å². The molecule has 1 aromatic carbocycles. The summed E-state index contributed by atoms with van der Waals surface area (Å²) in [6, 6.07) is 6.93. The fourth-order valence-electron chi connectivity index (χ4n) is 1.32. The van der Waals surface area contributed by atoms with Crippen LogP contribution in [0.1, 0.15) is 12.0 Å². The number of hydrogen-bond acceptors (Lipinski definition) is 4. The smallest absolute Gasteiger partial charge is 0.147 e. The third-order valence-electron chi connectivity index (χ3n) is 2.09. The highest BCUT2D eigenvalue weighted by Crippen LogP contribution is 2.17. The van der Waals surface area contributed by atoms with Gasteiger partial charge in [0.2, 0.25) is 0 Å². The molecule has 0 heterocycles. The molecule has 94 valence electrons. The van der Waals surface area contributed by atoms with Crippen molar-refractivity contribution < 1.29 is 13.2 Å². The van der Waals surface area contributed by atoms with Gasteiger partial charge < -0.3 is 10.5 Å². The molecule has 0 amide bonds. The number of nitrogens with two attached hydrogens (primary N) is 1. The molecule has 17 heavy (non-hydrogen) atoms. The number of para-hydroxylation sites is 1. The van der Waals surface area contributed by atoms with E-state index in [2.05, 4.69) is 0 Å². The van der Waals surface area contributed by atoms with Crippen LogP contribution in [0.2, 0.25) is 0 Å². The first kappa shape index (κ1) is 13.5. The van der Waals surface area contributed by atoms with Crippen molar-refractivity contribution in [2.45, 2.75) is 6.42 Å². The zero-order chi connectivity index (χ0) is 12.9. The van der Waals surface area contributed by atoms with Crippen molar-refractivity contribution >= 4 is 15.7 Å². The average Bonchev–Trinajstić information content (AvgIpc) is 2.23. The van der Waals surface area contributed by atoms with Crippen molar-refractivity contribution in [1.82, 2.24) is 0 Å². The van der Waals surface area contributed by atoms with Gasteiger partial charge in [0.25, 0.3) is 0 Å². The van der Waals surface area contributed by atoms with Gasteiger partial charge in [0.15, 0.2) is 0 Å². The number of rotatable bonds is 6. The number of hydrogen-bond donors (Lipinski definition) is 2. The molecule has 6 heteroatoms. The van der Waals surface area contributed by atoms with Gasteiger partial charge in [-0.05, 0) is 18.6 Å². The highest BCUT2D eigenvalue weighted by molar-refractivity contribution is 7.90. The fourth-order valence-corrected chi connectivity index (χ4v) is 1.96. The van der Waals surface area contributed by atoms with E-state index in [1.165, 1.54) is 6.26 Å². The molecule has 0 spiro atoms. The molecule has 0 fully saturated rings. The van der Waals surface area contributed by atoms with Crippen molar-refractivity contribution in [2.75, 3.05) is 18.6 Å². The Bertz CT molecular complexity index is 497. The summed E-state index contributed by atoms with van der Waals surface area (Å²) in [7, 11) is -2.95. The highest BCUT2D eigenvalue weighted by Gasteiger charge is 2.06. The molecule has 0 radical (unpaired) electrons. The average molecular weight is 256 g/mol. The first-order valence-corrected chi connectivity index (χ1v) is 7.20. The summed E-state index contributed by atoms with van der Waals surface area (Å²) in [5.41, 5.74) is 5.92. The third kappa shape index (κ3) is 4.86. The number of nitrogen functional groups attached to an aromatic ring is 1. The highest BCUT2D eigenvalue weighted by atomic mass is 32.2. The van der Waals surface area contributed by atoms with Crippen LogP contribution in [0.3, 0.4) is 0 Å². The van der Waals surface area contributed by atoms with Crippen molar-refractivity contribution in [3.63, 3.8) is 0 Å². The van der Waals surface area contributed by atoms with Crippen LogP contribution in [0.5, 0.6) is 5.75 Å². The van der Waals surface area contributed by atoms with Gasteiger partial charge in [-0.3, -0.25) is 5.41 Å². The molecule has 0 aliphatic rings. The predicted octanol–water partition coefficient (Wildman–Crippen LogP) is 0.784. The fraction of sp³-hybridized carbons (Fsp3) is 0.364. The summed E-state index contributed by atoms with van der Waals surface area (Å²) in [4.78, 5) is 0. The van der Waals surface area contributed by atoms with Crippen LogP contribution in [-0.4, -0.2) is 32.9 Å². The van der Waals surface area contributed by atoms with Crippen molar-refractivity contribution in [2.24, 2.45) is 5.73 Å². The van der Waals surface area contributed by atoms with E-state index in [1.807, 2.05) is 0 Å². The molecule has 0 saturated carbocycles. The van der Waals surface area contributed by atoms with Crippen LogP contribution in [0, 0.1) is 5.41 Å². The first-order valence-electron chi connectivity index (χ1n) is 5.14. The summed E-state index contributed by atoms with van der Waals surface area (Å²) in [5, 5.41) is 7.36. The third-order valence-corrected chi connectivity index (χ3v) is 3.12. The minimum absolute atomic E-state index is 0.0660. The van der Waals surface area contributed by atoms with Gasteiger partial charge in [-0.1, -0.05) is 12.1 Å². The first-order chi connectivity index (χ1) is 7.90. The van der Waals surface area contributed by atoms with Gasteiger partial charge >= 0.3 is 0 Å². The molecular weight excluding hydrogens is 240 g/mol. The molecule has 0 unspecified atom stereocenters. The van der Waals surface area contributed by atoms with E-state index < -0.39 is 9.84 Å². The summed E-state index contributed by atoms with van der Waals surface area (Å²) in [6.07, 6.45) is 1.61. The Morgan fingerprint density at radius 2 is 2.06 bits per heavy atom. The van der Waals surface area contributed by atoms with Crippen LogP contribution >= 0.6 is 0 Å². The van der Waals surface area contributed by atoms with Gasteiger partial charge in [0, 0.05) is 6.26 Å². The van der Waals surface area contributed by atoms with E-state index >= 15 is 0 Å². The maximum atomic E-state index is 10.9. The van der Waals surface area contributed by atoms with E-state index in [4.69, 9.17) is 15.9 Å². The number of nitrogens with one attached hydrogen (secondary N) is 1. The molecule has 0 aromatic heterocycles. The van der Waals surface area contributed by atoms with E-state index in [0.29, 0.717) is 17.7 Å². The van der Waals surface area contributed by atoms with Gasteiger partial charge in [-0.2, -0.15) is 0 Å². The molecule has 0 bridgehead atoms. The van der Waals surface area contributed by atoms with Crippen molar-refractivity contribution in [3.8, 4) is 5.75 Å². The lowest BCUT2D eigenvalue weighted by Crippen LogP contribution is -2.14. The van der Waals surface area contributed by atoms with Gasteiger partial charge in [-0.25, -0.2) is 8.42 Å². The number of amidine groups is 1. The molecule has 1 rings (SSSR count). The van der Waals surface area contributed by atoms with E-state index in [9.17, 15) is 8.42 Å². The molecule has 0 aliphatic carbocycles. The normalized spacial score (nSPS) is 11.1. The maximum absolute atomic E-state index is 10.9. The lowest BCUT2D eigenvalue weighted by atomic mass is 10.2. The Morgan fingerprint density at radius 1 is 1.41 bits per heavy atom. The van der Waals surface area contributed by atoms with E-state index in [-0.39, 0.29) is 18.2 Å². The summed E-state index contributed by atoms with van der Waals surface area (Å²) < 4.78 is 27.2. The standard InChI is InChI=1S/C11H16N2O3S/c1-17(14,15)8-4-7-16-10-6-3-2-5-9(10)11(12)13/h2-3,5-6H,4,7-8H2,1H3,(H3,12,13). The largest absolute Gasteiger partial charge is 0.493 e. The van der Waals surface area contributed by atoms with Crippen LogP contribution in [-0.2, 0) is 9.84 Å². The second-order valence-corrected chi connectivity index (χ2v) is 6.00. The van der Waals surface area contributed by atoms with Gasteiger partial charge in [-0.15, -0.1) is 0 Å². The number of benzene rings is 1. The molecular formula is C11H16N2O3S. The Labute approximate surface area is 101 Å². The van der Waals surface area contributed by atoms with Crippen molar-refractivity contribution in [1.29, 1.82) is 5.41 Å². The monoisotopic (exact) mass is 256 g/mol. The molecule has 3 N–H and O–H groups in total. The summed E-state index contributed by atoms with van der Waals surface area (Å²) in [6.45, 7) is 0.289. The number of ether oxygens (including phenoxy) is 1. The molecule has 5 nitrogen and oxygen atoms in total. The van der Waals surface area contributed by atoms with Crippen LogP contribution < -0.4 is 10.5 Å². The Morgan fingerprint density at radius 3 is 2.65 bits per heavy atom. The second-order valence-electron chi connectivity index (χ2n) is 3.74. The lowest BCUT2D eigenvalue weighted by molar-refractivity contribution is 0.317. The number of sulfone groups is 1. The molecule has 0 aliphatic heterocycles. The topological polar surface area (TPSA) is 93.2 Å². The minimum atomic E-state index is -2.95. The Balaban J connectivity index is 2.55. The second kappa shape index (κ2) is 5.67. The van der Waals surface area contributed by atoms with Crippen LogP contribution in [0.25, 0.3) is 0 Å². The molecule has 0 atom stereocenters. The summed E-state index contributed by atoms with van der Waals surface area (Å²) >= 11 is 0. The van der Waals surface area contributed by atoms with Crippen LogP contribution in [0.15, 0.2) is 24.3 Å². The SMILES string of the molecule is CS(=O)(=O)CCCOc1ccccc1C(=N)N. The Hall–Kier alpha value is -1.56. The lowest BCUT2D eigenvalue weighted by Gasteiger charge is -2.09. The molecule has 1 aromatic rings.